The van der Waals surface area contributed by atoms with Crippen LogP contribution in [0.1, 0.15) is 32.6 Å². The normalized spacial score (nSPS) is 10.3. The van der Waals surface area contributed by atoms with E-state index in [4.69, 9.17) is 0 Å². The molecule has 0 radical (unpaired) electrons. The third kappa shape index (κ3) is 3.40. The molecule has 5 nitrogen and oxygen atoms in total. The van der Waals surface area contributed by atoms with Gasteiger partial charge in [-0.15, -0.1) is 0 Å². The van der Waals surface area contributed by atoms with Gasteiger partial charge in [-0.25, -0.2) is 4.68 Å². The highest BCUT2D eigenvalue weighted by molar-refractivity contribution is 5.20. The molecule has 0 unspecified atom stereocenters. The summed E-state index contributed by atoms with van der Waals surface area (Å²) in [6.45, 7) is 3.16. The Kier molecular flexibility index (Phi) is 4.21. The van der Waals surface area contributed by atoms with Crippen molar-refractivity contribution in [2.75, 3.05) is 11.9 Å². The molecular weight excluding hydrogens is 166 g/mol. The van der Waals surface area contributed by atoms with Crippen molar-refractivity contribution in [2.45, 2.75) is 32.6 Å². The maximum atomic E-state index is 3.82. The van der Waals surface area contributed by atoms with Crippen molar-refractivity contribution in [1.82, 2.24) is 20.2 Å². The molecule has 0 saturated heterocycles. The molecule has 0 amide bonds. The molecule has 1 heterocycles. The molecule has 0 atom stereocenters. The number of unbranched alkanes of at least 4 members (excludes halogenated alkanes) is 3. The van der Waals surface area contributed by atoms with Crippen molar-refractivity contribution in [3.63, 3.8) is 0 Å². The lowest BCUT2D eigenvalue weighted by molar-refractivity contribution is 0.676. The molecule has 0 spiro atoms. The summed E-state index contributed by atoms with van der Waals surface area (Å²) in [5, 5.41) is 14.3. The van der Waals surface area contributed by atoms with Crippen molar-refractivity contribution < 1.29 is 0 Å². The molecule has 1 aromatic rings. The first-order chi connectivity index (χ1) is 6.34. The average Bonchev–Trinajstić information content (AvgIpc) is 2.52. The number of nitrogens with zero attached hydrogens (tertiary/aromatic N) is 4. The van der Waals surface area contributed by atoms with Crippen LogP contribution in [0.3, 0.4) is 0 Å². The van der Waals surface area contributed by atoms with E-state index < -0.39 is 0 Å². The summed E-state index contributed by atoms with van der Waals surface area (Å²) in [6, 6.07) is 0. The minimum Gasteiger partial charge on any atom is -0.353 e. The Morgan fingerprint density at radius 1 is 1.31 bits per heavy atom. The van der Waals surface area contributed by atoms with Gasteiger partial charge >= 0.3 is 0 Å². The fourth-order valence-corrected chi connectivity index (χ4v) is 1.13. The molecule has 0 aliphatic heterocycles. The third-order valence-electron chi connectivity index (χ3n) is 1.93. The van der Waals surface area contributed by atoms with E-state index in [2.05, 4.69) is 27.8 Å². The molecule has 0 aliphatic carbocycles. The summed E-state index contributed by atoms with van der Waals surface area (Å²) in [7, 11) is 1.83. The van der Waals surface area contributed by atoms with Gasteiger partial charge in [0, 0.05) is 13.6 Å². The van der Waals surface area contributed by atoms with E-state index >= 15 is 0 Å². The molecule has 5 heteroatoms. The summed E-state index contributed by atoms with van der Waals surface area (Å²) in [5.41, 5.74) is 0. The van der Waals surface area contributed by atoms with Crippen LogP contribution in [0.25, 0.3) is 0 Å². The topological polar surface area (TPSA) is 55.6 Å². The third-order valence-corrected chi connectivity index (χ3v) is 1.93. The molecule has 0 fully saturated rings. The van der Waals surface area contributed by atoms with Crippen LogP contribution < -0.4 is 5.32 Å². The van der Waals surface area contributed by atoms with Crippen molar-refractivity contribution in [2.24, 2.45) is 7.05 Å². The Morgan fingerprint density at radius 3 is 2.77 bits per heavy atom. The van der Waals surface area contributed by atoms with E-state index in [0.29, 0.717) is 0 Å². The standard InChI is InChI=1S/C8H17N5/c1-3-4-5-6-7-9-8-10-11-12-13(8)2/h3-7H2,1-2H3,(H,9,10,12). The van der Waals surface area contributed by atoms with E-state index in [-0.39, 0.29) is 0 Å². The van der Waals surface area contributed by atoms with Crippen LogP contribution in [-0.4, -0.2) is 26.8 Å². The zero-order chi connectivity index (χ0) is 9.52. The van der Waals surface area contributed by atoms with Gasteiger partial charge in [0.2, 0.25) is 5.95 Å². The molecule has 1 rings (SSSR count). The van der Waals surface area contributed by atoms with Gasteiger partial charge in [0.15, 0.2) is 0 Å². The summed E-state index contributed by atoms with van der Waals surface area (Å²) in [4.78, 5) is 0. The van der Waals surface area contributed by atoms with E-state index in [9.17, 15) is 0 Å². The first kappa shape index (κ1) is 9.95. The smallest absolute Gasteiger partial charge is 0.242 e. The number of hydrogen-bond acceptors (Lipinski definition) is 4. The largest absolute Gasteiger partial charge is 0.353 e. The second-order valence-corrected chi connectivity index (χ2v) is 3.11. The minimum absolute atomic E-state index is 0.747. The SMILES string of the molecule is CCCCCCNc1nnnn1C. The van der Waals surface area contributed by atoms with Crippen molar-refractivity contribution in [3.05, 3.63) is 0 Å². The number of nitrogens with one attached hydrogen (secondary N) is 1. The Morgan fingerprint density at radius 2 is 2.15 bits per heavy atom. The van der Waals surface area contributed by atoms with Gasteiger partial charge < -0.3 is 5.32 Å². The average molecular weight is 183 g/mol. The second kappa shape index (κ2) is 5.50. The number of aryl methyl sites for hydroxylation is 1. The maximum absolute atomic E-state index is 3.82. The lowest BCUT2D eigenvalue weighted by Crippen LogP contribution is -2.07. The minimum atomic E-state index is 0.747. The molecule has 74 valence electrons. The number of anilines is 1. The van der Waals surface area contributed by atoms with Gasteiger partial charge in [0.1, 0.15) is 0 Å². The van der Waals surface area contributed by atoms with Crippen LogP contribution in [0.5, 0.6) is 0 Å². The van der Waals surface area contributed by atoms with E-state index in [1.807, 2.05) is 7.05 Å². The highest BCUT2D eigenvalue weighted by Crippen LogP contribution is 2.00. The highest BCUT2D eigenvalue weighted by atomic mass is 15.6. The van der Waals surface area contributed by atoms with Crippen molar-refractivity contribution >= 4 is 5.95 Å². The fourth-order valence-electron chi connectivity index (χ4n) is 1.13. The second-order valence-electron chi connectivity index (χ2n) is 3.11. The summed E-state index contributed by atoms with van der Waals surface area (Å²) in [5.74, 6) is 0.747. The van der Waals surface area contributed by atoms with Crippen LogP contribution >= 0.6 is 0 Å². The Balaban J connectivity index is 2.10. The molecular formula is C8H17N5. The van der Waals surface area contributed by atoms with Crippen molar-refractivity contribution in [3.8, 4) is 0 Å². The first-order valence-electron chi connectivity index (χ1n) is 4.81. The lowest BCUT2D eigenvalue weighted by Gasteiger charge is -2.02. The van der Waals surface area contributed by atoms with E-state index in [1.54, 1.807) is 4.68 Å². The Labute approximate surface area is 78.5 Å². The monoisotopic (exact) mass is 183 g/mol. The Bertz CT molecular complexity index is 232. The van der Waals surface area contributed by atoms with Crippen LogP contribution in [0.4, 0.5) is 5.95 Å². The number of rotatable bonds is 6. The van der Waals surface area contributed by atoms with Gasteiger partial charge in [0.05, 0.1) is 0 Å². The Hall–Kier alpha value is -1.13. The molecule has 0 aromatic carbocycles. The van der Waals surface area contributed by atoms with E-state index in [0.717, 1.165) is 12.5 Å². The molecule has 1 N–H and O–H groups in total. The van der Waals surface area contributed by atoms with Crippen molar-refractivity contribution in [1.29, 1.82) is 0 Å². The summed E-state index contributed by atoms with van der Waals surface area (Å²) in [6.07, 6.45) is 5.03. The van der Waals surface area contributed by atoms with Gasteiger partial charge in [-0.05, 0) is 16.8 Å². The van der Waals surface area contributed by atoms with Gasteiger partial charge in [-0.3, -0.25) is 0 Å². The molecule has 0 aliphatic rings. The zero-order valence-corrected chi connectivity index (χ0v) is 8.32. The fraction of sp³-hybridized carbons (Fsp3) is 0.875. The van der Waals surface area contributed by atoms with Crippen LogP contribution in [0.15, 0.2) is 0 Å². The van der Waals surface area contributed by atoms with Crippen LogP contribution in [0.2, 0.25) is 0 Å². The zero-order valence-electron chi connectivity index (χ0n) is 8.32. The number of aromatic nitrogens is 4. The van der Waals surface area contributed by atoms with Gasteiger partial charge in [-0.2, -0.15) is 0 Å². The van der Waals surface area contributed by atoms with Gasteiger partial charge in [0.25, 0.3) is 0 Å². The first-order valence-corrected chi connectivity index (χ1v) is 4.81. The lowest BCUT2D eigenvalue weighted by atomic mass is 10.2. The van der Waals surface area contributed by atoms with Crippen LogP contribution in [-0.2, 0) is 7.05 Å². The summed E-state index contributed by atoms with van der Waals surface area (Å²) >= 11 is 0. The van der Waals surface area contributed by atoms with Gasteiger partial charge in [-0.1, -0.05) is 31.3 Å². The highest BCUT2D eigenvalue weighted by Gasteiger charge is 1.98. The molecule has 0 bridgehead atoms. The number of tetrazole rings is 1. The molecule has 0 saturated carbocycles. The maximum Gasteiger partial charge on any atom is 0.242 e. The predicted molar refractivity (Wildman–Crippen MR) is 51.4 cm³/mol. The summed E-state index contributed by atoms with van der Waals surface area (Å²) < 4.78 is 1.64. The van der Waals surface area contributed by atoms with Crippen LogP contribution in [0, 0.1) is 0 Å². The molecule has 1 aromatic heterocycles. The predicted octanol–water partition coefficient (Wildman–Crippen LogP) is 1.20. The number of hydrogen-bond donors (Lipinski definition) is 1. The quantitative estimate of drug-likeness (QED) is 0.673. The van der Waals surface area contributed by atoms with E-state index in [1.165, 1.54) is 25.7 Å². The molecule has 13 heavy (non-hydrogen) atoms.